The van der Waals surface area contributed by atoms with Crippen molar-refractivity contribution in [1.82, 2.24) is 0 Å². The van der Waals surface area contributed by atoms with Crippen molar-refractivity contribution in [2.45, 2.75) is 13.0 Å². The standard InChI is InChI=1S/C17H14N2O5/c1-23-15(20)9-13-7-8-14(10-18)16(19(21)22)17(13)24-11-12-5-3-2-4-6-12/h2-8H,9,11H2,1H3. The van der Waals surface area contributed by atoms with Gasteiger partial charge in [0.15, 0.2) is 0 Å². The van der Waals surface area contributed by atoms with Gasteiger partial charge in [-0.25, -0.2) is 0 Å². The maximum Gasteiger partial charge on any atom is 0.328 e. The second-order valence-corrected chi connectivity index (χ2v) is 4.85. The first kappa shape index (κ1) is 17.0. The van der Waals surface area contributed by atoms with Crippen LogP contribution in [0.3, 0.4) is 0 Å². The van der Waals surface area contributed by atoms with Gasteiger partial charge in [-0.05, 0) is 11.6 Å². The van der Waals surface area contributed by atoms with E-state index in [4.69, 9.17) is 10.00 Å². The van der Waals surface area contributed by atoms with Crippen LogP contribution in [-0.2, 0) is 22.6 Å². The summed E-state index contributed by atoms with van der Waals surface area (Å²) in [5.74, 6) is -0.646. The number of methoxy groups -OCH3 is 1. The summed E-state index contributed by atoms with van der Waals surface area (Å²) in [5.41, 5.74) is 0.521. The van der Waals surface area contributed by atoms with E-state index in [9.17, 15) is 14.9 Å². The molecule has 0 unspecified atom stereocenters. The Hall–Kier alpha value is -3.40. The van der Waals surface area contributed by atoms with Crippen LogP contribution in [0.1, 0.15) is 16.7 Å². The summed E-state index contributed by atoms with van der Waals surface area (Å²) in [7, 11) is 1.23. The van der Waals surface area contributed by atoms with Crippen molar-refractivity contribution in [2.75, 3.05) is 7.11 Å². The van der Waals surface area contributed by atoms with Gasteiger partial charge < -0.3 is 9.47 Å². The van der Waals surface area contributed by atoms with Crippen LogP contribution in [0.4, 0.5) is 5.69 Å². The second-order valence-electron chi connectivity index (χ2n) is 4.85. The first-order chi connectivity index (χ1) is 11.6. The number of hydrogen-bond acceptors (Lipinski definition) is 6. The third-order valence-electron chi connectivity index (χ3n) is 3.30. The van der Waals surface area contributed by atoms with E-state index in [0.29, 0.717) is 5.56 Å². The average Bonchev–Trinajstić information content (AvgIpc) is 2.60. The van der Waals surface area contributed by atoms with Gasteiger partial charge in [-0.15, -0.1) is 0 Å². The predicted molar refractivity (Wildman–Crippen MR) is 84.3 cm³/mol. The number of ether oxygens (including phenoxy) is 2. The van der Waals surface area contributed by atoms with Gasteiger partial charge in [0, 0.05) is 5.56 Å². The third-order valence-corrected chi connectivity index (χ3v) is 3.30. The van der Waals surface area contributed by atoms with Gasteiger partial charge in [0.25, 0.3) is 0 Å². The number of hydrogen-bond donors (Lipinski definition) is 0. The molecule has 0 aliphatic rings. The topological polar surface area (TPSA) is 102 Å². The zero-order valence-electron chi connectivity index (χ0n) is 12.9. The molecule has 2 rings (SSSR count). The number of nitrogens with zero attached hydrogens (tertiary/aromatic N) is 2. The van der Waals surface area contributed by atoms with Crippen molar-refractivity contribution < 1.29 is 19.2 Å². The molecule has 0 N–H and O–H groups in total. The highest BCUT2D eigenvalue weighted by Crippen LogP contribution is 2.35. The molecule has 0 amide bonds. The number of benzene rings is 2. The molecule has 2 aromatic carbocycles. The molecule has 0 heterocycles. The summed E-state index contributed by atoms with van der Waals surface area (Å²) in [5, 5.41) is 20.5. The minimum absolute atomic E-state index is 0.0741. The Morgan fingerprint density at radius 1 is 1.25 bits per heavy atom. The molecule has 0 saturated carbocycles. The number of rotatable bonds is 6. The largest absolute Gasteiger partial charge is 0.482 e. The van der Waals surface area contributed by atoms with Crippen LogP contribution >= 0.6 is 0 Å². The van der Waals surface area contributed by atoms with E-state index in [1.165, 1.54) is 19.2 Å². The quantitative estimate of drug-likeness (QED) is 0.459. The van der Waals surface area contributed by atoms with E-state index in [1.54, 1.807) is 18.2 Å². The highest BCUT2D eigenvalue weighted by atomic mass is 16.6. The Kier molecular flexibility index (Phi) is 5.47. The fraction of sp³-hybridized carbons (Fsp3) is 0.176. The number of nitro groups is 1. The average molecular weight is 326 g/mol. The molecule has 2 aromatic rings. The van der Waals surface area contributed by atoms with Crippen LogP contribution in [0.2, 0.25) is 0 Å². The number of esters is 1. The Morgan fingerprint density at radius 2 is 1.96 bits per heavy atom. The van der Waals surface area contributed by atoms with Gasteiger partial charge in [0.05, 0.1) is 18.5 Å². The van der Waals surface area contributed by atoms with Crippen LogP contribution in [0.15, 0.2) is 42.5 Å². The Bertz CT molecular complexity index is 797. The maximum absolute atomic E-state index is 11.5. The molecule has 0 bridgehead atoms. The molecular formula is C17H14N2O5. The first-order valence-electron chi connectivity index (χ1n) is 7.00. The van der Waals surface area contributed by atoms with Crippen LogP contribution in [0, 0.1) is 21.4 Å². The number of carbonyl (C=O) groups excluding carboxylic acids is 1. The molecule has 0 aliphatic heterocycles. The zero-order valence-corrected chi connectivity index (χ0v) is 12.9. The first-order valence-corrected chi connectivity index (χ1v) is 7.00. The van der Waals surface area contributed by atoms with Crippen molar-refractivity contribution in [3.8, 4) is 11.8 Å². The van der Waals surface area contributed by atoms with Gasteiger partial charge in [0.2, 0.25) is 5.75 Å². The molecule has 122 valence electrons. The monoisotopic (exact) mass is 326 g/mol. The van der Waals surface area contributed by atoms with E-state index in [0.717, 1.165) is 5.56 Å². The highest BCUT2D eigenvalue weighted by molar-refractivity contribution is 5.75. The number of carbonyl (C=O) groups is 1. The van der Waals surface area contributed by atoms with Crippen LogP contribution in [-0.4, -0.2) is 18.0 Å². The van der Waals surface area contributed by atoms with Crippen LogP contribution in [0.25, 0.3) is 0 Å². The normalized spacial score (nSPS) is 9.83. The molecule has 0 spiro atoms. The van der Waals surface area contributed by atoms with Gasteiger partial charge in [-0.1, -0.05) is 36.4 Å². The minimum Gasteiger partial charge on any atom is -0.482 e. The van der Waals surface area contributed by atoms with Gasteiger partial charge in [-0.2, -0.15) is 5.26 Å². The smallest absolute Gasteiger partial charge is 0.328 e. The van der Waals surface area contributed by atoms with E-state index < -0.39 is 16.6 Å². The molecular weight excluding hydrogens is 312 g/mol. The van der Waals surface area contributed by atoms with Gasteiger partial charge in [0.1, 0.15) is 18.2 Å². The van der Waals surface area contributed by atoms with E-state index in [-0.39, 0.29) is 24.3 Å². The van der Waals surface area contributed by atoms with Crippen LogP contribution in [0.5, 0.6) is 5.75 Å². The van der Waals surface area contributed by atoms with E-state index >= 15 is 0 Å². The SMILES string of the molecule is COC(=O)Cc1ccc(C#N)c([N+](=O)[O-])c1OCc1ccccc1. The number of nitro benzene ring substituents is 1. The molecule has 0 saturated heterocycles. The molecule has 0 fully saturated rings. The zero-order chi connectivity index (χ0) is 17.5. The van der Waals surface area contributed by atoms with Crippen molar-refractivity contribution in [2.24, 2.45) is 0 Å². The molecule has 0 aromatic heterocycles. The molecule has 7 heteroatoms. The Labute approximate surface area is 138 Å². The van der Waals surface area contributed by atoms with Crippen molar-refractivity contribution in [3.63, 3.8) is 0 Å². The van der Waals surface area contributed by atoms with Gasteiger partial charge in [-0.3, -0.25) is 14.9 Å². The molecule has 24 heavy (non-hydrogen) atoms. The summed E-state index contributed by atoms with van der Waals surface area (Å²) in [6, 6.07) is 13.6. The van der Waals surface area contributed by atoms with Crippen molar-refractivity contribution >= 4 is 11.7 Å². The van der Waals surface area contributed by atoms with E-state index in [1.807, 2.05) is 18.2 Å². The summed E-state index contributed by atoms with van der Waals surface area (Å²) in [6.07, 6.45) is -0.187. The molecule has 0 atom stereocenters. The molecule has 0 radical (unpaired) electrons. The lowest BCUT2D eigenvalue weighted by molar-refractivity contribution is -0.386. The van der Waals surface area contributed by atoms with Crippen molar-refractivity contribution in [1.29, 1.82) is 5.26 Å². The third kappa shape index (κ3) is 3.87. The van der Waals surface area contributed by atoms with E-state index in [2.05, 4.69) is 4.74 Å². The van der Waals surface area contributed by atoms with Crippen LogP contribution < -0.4 is 4.74 Å². The maximum atomic E-state index is 11.5. The Balaban J connectivity index is 2.44. The number of nitriles is 1. The summed E-state index contributed by atoms with van der Waals surface area (Å²) in [4.78, 5) is 22.2. The summed E-state index contributed by atoms with van der Waals surface area (Å²) >= 11 is 0. The fourth-order valence-corrected chi connectivity index (χ4v) is 2.14. The lowest BCUT2D eigenvalue weighted by atomic mass is 10.1. The lowest BCUT2D eigenvalue weighted by Crippen LogP contribution is -2.09. The summed E-state index contributed by atoms with van der Waals surface area (Å²) in [6.45, 7) is 0.0741. The Morgan fingerprint density at radius 3 is 2.54 bits per heavy atom. The highest BCUT2D eigenvalue weighted by Gasteiger charge is 2.26. The van der Waals surface area contributed by atoms with Crippen molar-refractivity contribution in [3.05, 3.63) is 69.3 Å². The lowest BCUT2D eigenvalue weighted by Gasteiger charge is -2.12. The summed E-state index contributed by atoms with van der Waals surface area (Å²) < 4.78 is 10.2. The molecule has 7 nitrogen and oxygen atoms in total. The predicted octanol–water partition coefficient (Wildman–Crippen LogP) is 2.76. The fourth-order valence-electron chi connectivity index (χ4n) is 2.14. The molecule has 0 aliphatic carbocycles. The second kappa shape index (κ2) is 7.74. The van der Waals surface area contributed by atoms with Gasteiger partial charge >= 0.3 is 11.7 Å². The minimum atomic E-state index is -0.681.